The van der Waals surface area contributed by atoms with E-state index in [0.29, 0.717) is 34.5 Å². The second-order valence-electron chi connectivity index (χ2n) is 8.21. The van der Waals surface area contributed by atoms with Gasteiger partial charge in [0.2, 0.25) is 21.8 Å². The van der Waals surface area contributed by atoms with Crippen molar-refractivity contribution >= 4 is 50.7 Å². The normalized spacial score (nSPS) is 12.1. The highest BCUT2D eigenvalue weighted by Gasteiger charge is 2.31. The summed E-state index contributed by atoms with van der Waals surface area (Å²) in [6, 6.07) is 10.6. The SMILES string of the molecule is CCCCNC(=O)[C@H](C)N(Cc1c(Cl)cccc1Cl)C(=O)CN(c1ccccc1OCC)S(C)(=O)=O. The molecule has 8 nitrogen and oxygen atoms in total. The number of para-hydroxylation sites is 2. The van der Waals surface area contributed by atoms with Crippen molar-refractivity contribution in [1.29, 1.82) is 0 Å². The first kappa shape index (κ1) is 29.7. The van der Waals surface area contributed by atoms with Crippen molar-refractivity contribution in [2.75, 3.05) is 30.3 Å². The van der Waals surface area contributed by atoms with Crippen molar-refractivity contribution in [2.24, 2.45) is 0 Å². The molecule has 0 aliphatic rings. The Morgan fingerprint density at radius 3 is 2.28 bits per heavy atom. The number of halogens is 2. The fourth-order valence-electron chi connectivity index (χ4n) is 3.51. The number of ether oxygens (including phenoxy) is 1. The van der Waals surface area contributed by atoms with Gasteiger partial charge in [0.1, 0.15) is 18.3 Å². The molecule has 0 saturated heterocycles. The van der Waals surface area contributed by atoms with Gasteiger partial charge in [0, 0.05) is 28.7 Å². The van der Waals surface area contributed by atoms with E-state index in [4.69, 9.17) is 27.9 Å². The minimum Gasteiger partial charge on any atom is -0.492 e. The summed E-state index contributed by atoms with van der Waals surface area (Å²) in [6.45, 7) is 5.52. The maximum atomic E-state index is 13.7. The minimum absolute atomic E-state index is 0.0790. The zero-order valence-corrected chi connectivity index (χ0v) is 23.3. The molecule has 0 saturated carbocycles. The summed E-state index contributed by atoms with van der Waals surface area (Å²) in [5.41, 5.74) is 0.689. The largest absolute Gasteiger partial charge is 0.492 e. The number of benzene rings is 2. The fraction of sp³-hybridized carbons (Fsp3) is 0.440. The number of carbonyl (C=O) groups is 2. The highest BCUT2D eigenvalue weighted by atomic mass is 35.5. The molecule has 0 aliphatic carbocycles. The summed E-state index contributed by atoms with van der Waals surface area (Å²) in [5.74, 6) is -0.634. The van der Waals surface area contributed by atoms with E-state index in [2.05, 4.69) is 5.32 Å². The third-order valence-electron chi connectivity index (χ3n) is 5.50. The van der Waals surface area contributed by atoms with Gasteiger partial charge in [-0.1, -0.05) is 54.7 Å². The van der Waals surface area contributed by atoms with Crippen LogP contribution in [-0.2, 0) is 26.2 Å². The molecule has 2 aromatic rings. The lowest BCUT2D eigenvalue weighted by Crippen LogP contribution is -2.51. The number of hydrogen-bond donors (Lipinski definition) is 1. The van der Waals surface area contributed by atoms with E-state index in [0.717, 1.165) is 23.4 Å². The first-order chi connectivity index (χ1) is 17.0. The van der Waals surface area contributed by atoms with E-state index in [-0.39, 0.29) is 18.1 Å². The highest BCUT2D eigenvalue weighted by molar-refractivity contribution is 7.92. The molecule has 0 heterocycles. The van der Waals surface area contributed by atoms with Gasteiger partial charge in [0.05, 0.1) is 18.6 Å². The van der Waals surface area contributed by atoms with Gasteiger partial charge < -0.3 is 15.0 Å². The molecule has 11 heteroatoms. The quantitative estimate of drug-likeness (QED) is 0.366. The van der Waals surface area contributed by atoms with Crippen LogP contribution in [0.2, 0.25) is 10.0 Å². The Hall–Kier alpha value is -2.49. The number of unbranched alkanes of at least 4 members (excludes halogenated alkanes) is 1. The van der Waals surface area contributed by atoms with Crippen molar-refractivity contribution < 1.29 is 22.7 Å². The molecular formula is C25H33Cl2N3O5S. The highest BCUT2D eigenvalue weighted by Crippen LogP contribution is 2.31. The van der Waals surface area contributed by atoms with Gasteiger partial charge in [-0.2, -0.15) is 0 Å². The van der Waals surface area contributed by atoms with E-state index in [1.165, 1.54) is 4.90 Å². The van der Waals surface area contributed by atoms with E-state index in [1.54, 1.807) is 56.3 Å². The van der Waals surface area contributed by atoms with Crippen molar-refractivity contribution in [3.63, 3.8) is 0 Å². The summed E-state index contributed by atoms with van der Waals surface area (Å²) in [5, 5.41) is 3.49. The van der Waals surface area contributed by atoms with E-state index < -0.39 is 28.5 Å². The van der Waals surface area contributed by atoms with Crippen LogP contribution in [0.1, 0.15) is 39.2 Å². The van der Waals surface area contributed by atoms with Crippen molar-refractivity contribution in [3.05, 3.63) is 58.1 Å². The zero-order chi connectivity index (χ0) is 26.9. The lowest BCUT2D eigenvalue weighted by Gasteiger charge is -2.32. The maximum absolute atomic E-state index is 13.7. The molecule has 0 bridgehead atoms. The molecule has 198 valence electrons. The number of nitrogens with one attached hydrogen (secondary N) is 1. The van der Waals surface area contributed by atoms with Crippen LogP contribution in [0.25, 0.3) is 0 Å². The van der Waals surface area contributed by atoms with Crippen molar-refractivity contribution in [2.45, 2.75) is 46.2 Å². The number of hydrogen-bond acceptors (Lipinski definition) is 5. The summed E-state index contributed by atoms with van der Waals surface area (Å²) in [4.78, 5) is 27.8. The number of amides is 2. The van der Waals surface area contributed by atoms with Gasteiger partial charge >= 0.3 is 0 Å². The molecule has 2 amide bonds. The number of sulfonamides is 1. The zero-order valence-electron chi connectivity index (χ0n) is 21.0. The van der Waals surface area contributed by atoms with Gasteiger partial charge in [0.25, 0.3) is 0 Å². The first-order valence-corrected chi connectivity index (χ1v) is 14.3. The van der Waals surface area contributed by atoms with E-state index in [9.17, 15) is 18.0 Å². The molecule has 0 fully saturated rings. The maximum Gasteiger partial charge on any atom is 0.244 e. The molecule has 0 aliphatic heterocycles. The van der Waals surface area contributed by atoms with Crippen LogP contribution in [-0.4, -0.2) is 57.1 Å². The van der Waals surface area contributed by atoms with Crippen molar-refractivity contribution in [3.8, 4) is 5.75 Å². The molecule has 0 spiro atoms. The molecule has 1 N–H and O–H groups in total. The Morgan fingerprint density at radius 1 is 1.06 bits per heavy atom. The summed E-state index contributed by atoms with van der Waals surface area (Å²) >= 11 is 12.7. The smallest absolute Gasteiger partial charge is 0.244 e. The van der Waals surface area contributed by atoms with Gasteiger partial charge in [-0.3, -0.25) is 13.9 Å². The van der Waals surface area contributed by atoms with E-state index >= 15 is 0 Å². The minimum atomic E-state index is -3.89. The van der Waals surface area contributed by atoms with Gasteiger partial charge in [0.15, 0.2) is 0 Å². The summed E-state index contributed by atoms with van der Waals surface area (Å²) < 4.78 is 32.1. The molecule has 0 aromatic heterocycles. The van der Waals surface area contributed by atoms with Crippen LogP contribution in [0.5, 0.6) is 5.75 Å². The van der Waals surface area contributed by atoms with E-state index in [1.807, 2.05) is 6.92 Å². The van der Waals surface area contributed by atoms with Crippen LogP contribution >= 0.6 is 23.2 Å². The van der Waals surface area contributed by atoms with Crippen LogP contribution in [0, 0.1) is 0 Å². The van der Waals surface area contributed by atoms with Crippen LogP contribution in [0.4, 0.5) is 5.69 Å². The van der Waals surface area contributed by atoms with Crippen LogP contribution < -0.4 is 14.4 Å². The van der Waals surface area contributed by atoms with Crippen LogP contribution in [0.15, 0.2) is 42.5 Å². The van der Waals surface area contributed by atoms with Crippen molar-refractivity contribution in [1.82, 2.24) is 10.2 Å². The third kappa shape index (κ3) is 8.01. The summed E-state index contributed by atoms with van der Waals surface area (Å²) in [6.07, 6.45) is 2.70. The Kier molecular flexibility index (Phi) is 11.3. The standard InChI is InChI=1S/C25H33Cl2N3O5S/c1-5-7-15-28-25(32)18(3)29(16-19-20(26)11-10-12-21(19)27)24(31)17-30(36(4,33)34)22-13-8-9-14-23(22)35-6-2/h8-14,18H,5-7,15-17H2,1-4H3,(H,28,32)/t18-/m0/s1. The van der Waals surface area contributed by atoms with Crippen LogP contribution in [0.3, 0.4) is 0 Å². The molecule has 2 aromatic carbocycles. The first-order valence-electron chi connectivity index (χ1n) is 11.7. The number of nitrogens with zero attached hydrogens (tertiary/aromatic N) is 2. The number of rotatable bonds is 13. The van der Waals surface area contributed by atoms with Gasteiger partial charge in [-0.05, 0) is 44.5 Å². The second-order valence-corrected chi connectivity index (χ2v) is 10.9. The molecule has 1 atom stereocenters. The van der Waals surface area contributed by atoms with Gasteiger partial charge in [-0.25, -0.2) is 8.42 Å². The number of anilines is 1. The topological polar surface area (TPSA) is 96.0 Å². The number of carbonyl (C=O) groups excluding carboxylic acids is 2. The molecule has 2 rings (SSSR count). The predicted octanol–water partition coefficient (Wildman–Crippen LogP) is 4.49. The third-order valence-corrected chi connectivity index (χ3v) is 7.33. The monoisotopic (exact) mass is 557 g/mol. The molecule has 0 unspecified atom stereocenters. The fourth-order valence-corrected chi connectivity index (χ4v) is 4.88. The second kappa shape index (κ2) is 13.7. The molecule has 36 heavy (non-hydrogen) atoms. The summed E-state index contributed by atoms with van der Waals surface area (Å²) in [7, 11) is -3.89. The Balaban J connectivity index is 2.45. The average molecular weight is 559 g/mol. The average Bonchev–Trinajstić information content (AvgIpc) is 2.82. The van der Waals surface area contributed by atoms with Gasteiger partial charge in [-0.15, -0.1) is 0 Å². The Morgan fingerprint density at radius 2 is 1.69 bits per heavy atom. The lowest BCUT2D eigenvalue weighted by molar-refractivity contribution is -0.139. The predicted molar refractivity (Wildman–Crippen MR) is 144 cm³/mol. The Labute approximate surface area is 223 Å². The molecule has 0 radical (unpaired) electrons. The lowest BCUT2D eigenvalue weighted by atomic mass is 10.1. The molecular weight excluding hydrogens is 525 g/mol. The Bertz CT molecular complexity index is 1140.